The summed E-state index contributed by atoms with van der Waals surface area (Å²) < 4.78 is 2.01. The molecule has 2 heterocycles. The molecule has 8 nitrogen and oxygen atoms in total. The van der Waals surface area contributed by atoms with Crippen molar-refractivity contribution in [1.29, 1.82) is 0 Å². The molecule has 1 atom stereocenters. The van der Waals surface area contributed by atoms with E-state index in [4.69, 9.17) is 17.3 Å². The van der Waals surface area contributed by atoms with Gasteiger partial charge in [-0.15, -0.1) is 10.2 Å². The fourth-order valence-electron chi connectivity index (χ4n) is 3.05. The number of aryl methyl sites for hydroxylation is 1. The van der Waals surface area contributed by atoms with Crippen LogP contribution in [0.25, 0.3) is 17.1 Å². The summed E-state index contributed by atoms with van der Waals surface area (Å²) in [5.74, 6) is 2.02. The molecule has 0 aliphatic carbocycles. The van der Waals surface area contributed by atoms with Gasteiger partial charge in [0.2, 0.25) is 11.9 Å². The van der Waals surface area contributed by atoms with Gasteiger partial charge in [0.05, 0.1) is 5.25 Å². The van der Waals surface area contributed by atoms with Gasteiger partial charge in [0, 0.05) is 30.4 Å². The molecule has 0 spiro atoms. The Hall–Kier alpha value is -3.17. The summed E-state index contributed by atoms with van der Waals surface area (Å²) in [5, 5.41) is 10.2. The maximum absolute atomic E-state index is 6.12. The normalized spacial score (nSPS) is 12.0. The largest absolute Gasteiger partial charge is 0.368 e. The quantitative estimate of drug-likeness (QED) is 0.412. The molecule has 2 N–H and O–H groups in total. The third-order valence-electron chi connectivity index (χ3n) is 4.73. The average Bonchev–Trinajstić information content (AvgIpc) is 3.17. The van der Waals surface area contributed by atoms with Crippen molar-refractivity contribution in [3.8, 4) is 17.1 Å². The van der Waals surface area contributed by atoms with Gasteiger partial charge in [0.1, 0.15) is 5.82 Å². The molecule has 4 aromatic rings. The predicted molar refractivity (Wildman–Crippen MR) is 129 cm³/mol. The van der Waals surface area contributed by atoms with Crippen molar-refractivity contribution in [2.75, 3.05) is 24.7 Å². The lowest BCUT2D eigenvalue weighted by atomic mass is 10.1. The number of benzene rings is 2. The second kappa shape index (κ2) is 9.13. The topological polar surface area (TPSA) is 98.6 Å². The summed E-state index contributed by atoms with van der Waals surface area (Å²) in [5.41, 5.74) is 8.97. The summed E-state index contributed by atoms with van der Waals surface area (Å²) in [7, 11) is 3.72. The van der Waals surface area contributed by atoms with E-state index in [1.54, 1.807) is 4.90 Å². The predicted octanol–water partition coefficient (Wildman–Crippen LogP) is 4.58. The number of rotatable bonds is 6. The van der Waals surface area contributed by atoms with Crippen LogP contribution in [0.3, 0.4) is 0 Å². The minimum absolute atomic E-state index is 0.139. The molecule has 10 heteroatoms. The first-order valence-corrected chi connectivity index (χ1v) is 11.2. The summed E-state index contributed by atoms with van der Waals surface area (Å²) in [6.45, 7) is 4.06. The fourth-order valence-corrected chi connectivity index (χ4v) is 4.09. The van der Waals surface area contributed by atoms with Gasteiger partial charge in [0.15, 0.2) is 11.0 Å². The van der Waals surface area contributed by atoms with Crippen LogP contribution in [-0.4, -0.2) is 43.8 Å². The average molecular weight is 467 g/mol. The zero-order chi connectivity index (χ0) is 22.8. The molecule has 2 aromatic heterocycles. The van der Waals surface area contributed by atoms with Crippen LogP contribution < -0.4 is 10.6 Å². The molecule has 32 heavy (non-hydrogen) atoms. The molecular weight excluding hydrogens is 444 g/mol. The van der Waals surface area contributed by atoms with Crippen LogP contribution in [0.15, 0.2) is 53.7 Å². The highest BCUT2D eigenvalue weighted by molar-refractivity contribution is 7.99. The molecule has 0 aliphatic heterocycles. The number of halogens is 1. The van der Waals surface area contributed by atoms with Crippen LogP contribution in [0.1, 0.15) is 23.6 Å². The van der Waals surface area contributed by atoms with Gasteiger partial charge >= 0.3 is 0 Å². The third kappa shape index (κ3) is 4.68. The van der Waals surface area contributed by atoms with E-state index in [0.717, 1.165) is 17.1 Å². The zero-order valence-electron chi connectivity index (χ0n) is 18.2. The van der Waals surface area contributed by atoms with Gasteiger partial charge in [-0.1, -0.05) is 53.2 Å². The number of nitrogens with two attached hydrogens (primary N) is 1. The molecule has 164 valence electrons. The van der Waals surface area contributed by atoms with Crippen LogP contribution in [-0.2, 0) is 0 Å². The summed E-state index contributed by atoms with van der Waals surface area (Å²) >= 11 is 7.62. The van der Waals surface area contributed by atoms with Crippen molar-refractivity contribution in [1.82, 2.24) is 29.7 Å². The Morgan fingerprint density at radius 1 is 0.969 bits per heavy atom. The lowest BCUT2D eigenvalue weighted by Gasteiger charge is -2.15. The van der Waals surface area contributed by atoms with Crippen LogP contribution >= 0.6 is 23.4 Å². The maximum Gasteiger partial charge on any atom is 0.229 e. The lowest BCUT2D eigenvalue weighted by Crippen LogP contribution is -2.16. The smallest absolute Gasteiger partial charge is 0.229 e. The monoisotopic (exact) mass is 466 g/mol. The van der Waals surface area contributed by atoms with Gasteiger partial charge in [-0.05, 0) is 38.1 Å². The fraction of sp³-hybridized carbons (Fsp3) is 0.227. The van der Waals surface area contributed by atoms with E-state index < -0.39 is 0 Å². The molecule has 0 radical (unpaired) electrons. The summed E-state index contributed by atoms with van der Waals surface area (Å²) in [4.78, 5) is 14.8. The minimum atomic E-state index is -0.139. The summed E-state index contributed by atoms with van der Waals surface area (Å²) in [6, 6.07) is 15.8. The molecule has 0 aliphatic rings. The molecule has 0 fully saturated rings. The molecule has 4 rings (SSSR count). The van der Waals surface area contributed by atoms with Crippen LogP contribution in [0, 0.1) is 6.92 Å². The van der Waals surface area contributed by atoms with E-state index in [2.05, 4.69) is 44.2 Å². The molecule has 2 aromatic carbocycles. The van der Waals surface area contributed by atoms with E-state index in [1.807, 2.05) is 62.0 Å². The number of thioether (sulfide) groups is 1. The van der Waals surface area contributed by atoms with E-state index in [9.17, 15) is 0 Å². The maximum atomic E-state index is 6.12. The molecule has 0 amide bonds. The number of aromatic nitrogens is 6. The SMILES string of the molecule is Cc1ccc(-c2nnc(SC(C)c3nc(N)nc(N(C)C)n3)n2-c2ccc(Cl)cc2)cc1. The minimum Gasteiger partial charge on any atom is -0.368 e. The molecule has 1 unspecified atom stereocenters. The van der Waals surface area contributed by atoms with E-state index >= 15 is 0 Å². The highest BCUT2D eigenvalue weighted by Gasteiger charge is 2.21. The Labute approximate surface area is 195 Å². The van der Waals surface area contributed by atoms with E-state index in [-0.39, 0.29) is 11.2 Å². The van der Waals surface area contributed by atoms with Gasteiger partial charge in [-0.2, -0.15) is 15.0 Å². The standard InChI is InChI=1S/C22H23ClN8S/c1-13-5-7-15(8-6-13)19-28-29-22(31(19)17-11-9-16(23)10-12-17)32-14(2)18-25-20(24)27-21(26-18)30(3)4/h5-12,14H,1-4H3,(H2,24,25,26,27). The number of nitrogen functional groups attached to an aromatic ring is 1. The lowest BCUT2D eigenvalue weighted by molar-refractivity contribution is 0.843. The first kappa shape index (κ1) is 22.0. The van der Waals surface area contributed by atoms with Crippen molar-refractivity contribution in [2.45, 2.75) is 24.3 Å². The molecule has 0 saturated heterocycles. The zero-order valence-corrected chi connectivity index (χ0v) is 19.8. The first-order valence-electron chi connectivity index (χ1n) is 9.95. The van der Waals surface area contributed by atoms with Crippen molar-refractivity contribution in [2.24, 2.45) is 0 Å². The van der Waals surface area contributed by atoms with E-state index in [1.165, 1.54) is 17.3 Å². The van der Waals surface area contributed by atoms with Crippen molar-refractivity contribution in [3.05, 3.63) is 64.9 Å². The second-order valence-electron chi connectivity index (χ2n) is 7.49. The van der Waals surface area contributed by atoms with Crippen LogP contribution in [0.5, 0.6) is 0 Å². The summed E-state index contributed by atoms with van der Waals surface area (Å²) in [6.07, 6.45) is 0. The van der Waals surface area contributed by atoms with Gasteiger partial charge < -0.3 is 10.6 Å². The van der Waals surface area contributed by atoms with Crippen molar-refractivity contribution >= 4 is 35.3 Å². The van der Waals surface area contributed by atoms with Crippen molar-refractivity contribution in [3.63, 3.8) is 0 Å². The van der Waals surface area contributed by atoms with Crippen LogP contribution in [0.4, 0.5) is 11.9 Å². The van der Waals surface area contributed by atoms with Gasteiger partial charge in [-0.3, -0.25) is 4.57 Å². The van der Waals surface area contributed by atoms with Crippen molar-refractivity contribution < 1.29 is 0 Å². The highest BCUT2D eigenvalue weighted by atomic mass is 35.5. The highest BCUT2D eigenvalue weighted by Crippen LogP contribution is 2.36. The third-order valence-corrected chi connectivity index (χ3v) is 6.02. The Bertz CT molecular complexity index is 1220. The van der Waals surface area contributed by atoms with Gasteiger partial charge in [-0.25, -0.2) is 0 Å². The number of hydrogen-bond donors (Lipinski definition) is 1. The molecule has 0 saturated carbocycles. The second-order valence-corrected chi connectivity index (χ2v) is 9.23. The van der Waals surface area contributed by atoms with Crippen LogP contribution in [0.2, 0.25) is 5.02 Å². The number of anilines is 2. The van der Waals surface area contributed by atoms with E-state index in [0.29, 0.717) is 22.0 Å². The Morgan fingerprint density at radius 3 is 2.31 bits per heavy atom. The number of nitrogens with zero attached hydrogens (tertiary/aromatic N) is 7. The first-order chi connectivity index (χ1) is 15.3. The molecular formula is C22H23ClN8S. The molecule has 0 bridgehead atoms. The Kier molecular flexibility index (Phi) is 6.29. The Morgan fingerprint density at radius 2 is 1.66 bits per heavy atom. The Balaban J connectivity index is 1.76. The van der Waals surface area contributed by atoms with Gasteiger partial charge in [0.25, 0.3) is 0 Å². The number of hydrogen-bond acceptors (Lipinski definition) is 8.